The molecule has 2 rings (SSSR count). The number of carbonyl (C=O) groups is 2. The van der Waals surface area contributed by atoms with Gasteiger partial charge in [-0.15, -0.1) is 11.3 Å². The van der Waals surface area contributed by atoms with Gasteiger partial charge in [-0.05, 0) is 26.0 Å². The number of ether oxygens (including phenoxy) is 1. The van der Waals surface area contributed by atoms with E-state index < -0.39 is 12.0 Å². The highest BCUT2D eigenvalue weighted by atomic mass is 32.1. The summed E-state index contributed by atoms with van der Waals surface area (Å²) in [7, 11) is 1.54. The molecule has 22 heavy (non-hydrogen) atoms. The monoisotopic (exact) mass is 324 g/mol. The number of aryl methyl sites for hydroxylation is 1. The van der Waals surface area contributed by atoms with E-state index in [0.717, 1.165) is 11.3 Å². The summed E-state index contributed by atoms with van der Waals surface area (Å²) in [6, 6.07) is 2.81. The van der Waals surface area contributed by atoms with E-state index in [1.54, 1.807) is 26.0 Å². The van der Waals surface area contributed by atoms with Gasteiger partial charge in [-0.3, -0.25) is 4.79 Å². The van der Waals surface area contributed by atoms with Crippen LogP contribution in [0.2, 0.25) is 0 Å². The summed E-state index contributed by atoms with van der Waals surface area (Å²) in [4.78, 5) is 27.5. The van der Waals surface area contributed by atoms with Crippen LogP contribution in [0.15, 0.2) is 16.5 Å². The second-order valence-corrected chi connectivity index (χ2v) is 5.70. The molecule has 0 saturated carbocycles. The predicted octanol–water partition coefficient (Wildman–Crippen LogP) is 2.38. The van der Waals surface area contributed by atoms with Gasteiger partial charge in [0.15, 0.2) is 5.76 Å². The van der Waals surface area contributed by atoms with Gasteiger partial charge in [0.2, 0.25) is 0 Å². The van der Waals surface area contributed by atoms with Crippen molar-refractivity contribution in [3.8, 4) is 0 Å². The molecule has 2 aromatic rings. The molecular formula is C14H16N2O5S. The van der Waals surface area contributed by atoms with E-state index in [0.29, 0.717) is 16.5 Å². The van der Waals surface area contributed by atoms with Gasteiger partial charge in [0, 0.05) is 7.11 Å². The molecule has 0 radical (unpaired) electrons. The van der Waals surface area contributed by atoms with Crippen LogP contribution in [0.4, 0.5) is 0 Å². The van der Waals surface area contributed by atoms with Crippen molar-refractivity contribution in [2.45, 2.75) is 26.5 Å². The largest absolute Gasteiger partial charge is 0.477 e. The zero-order valence-electron chi connectivity index (χ0n) is 12.4. The number of rotatable bonds is 6. The summed E-state index contributed by atoms with van der Waals surface area (Å²) < 4.78 is 10.3. The Labute approximate surface area is 130 Å². The minimum absolute atomic E-state index is 0.172. The van der Waals surface area contributed by atoms with Gasteiger partial charge in [0.1, 0.15) is 22.3 Å². The number of amides is 1. The van der Waals surface area contributed by atoms with Gasteiger partial charge in [-0.2, -0.15) is 0 Å². The quantitative estimate of drug-likeness (QED) is 0.846. The van der Waals surface area contributed by atoms with Gasteiger partial charge >= 0.3 is 5.97 Å². The molecule has 0 bridgehead atoms. The molecule has 7 nitrogen and oxygen atoms in total. The van der Waals surface area contributed by atoms with Crippen molar-refractivity contribution < 1.29 is 23.8 Å². The highest BCUT2D eigenvalue weighted by Crippen LogP contribution is 2.24. The van der Waals surface area contributed by atoms with Crippen LogP contribution in [0, 0.1) is 6.92 Å². The Morgan fingerprint density at radius 3 is 2.82 bits per heavy atom. The molecule has 0 aliphatic rings. The standard InChI is InChI=1S/C14H16N2O5S/c1-7-11(14(18)19)22-13(16-7)8(2)15-12(17)10-5-4-9(21-10)6-20-3/h4-5,8H,6H2,1-3H3,(H,15,17)(H,18,19). The maximum absolute atomic E-state index is 12.1. The van der Waals surface area contributed by atoms with Crippen LogP contribution < -0.4 is 5.32 Å². The SMILES string of the molecule is COCc1ccc(C(=O)NC(C)c2nc(C)c(C(=O)O)s2)o1. The normalized spacial score (nSPS) is 12.1. The minimum atomic E-state index is -1.02. The van der Waals surface area contributed by atoms with Crippen molar-refractivity contribution in [2.75, 3.05) is 7.11 Å². The van der Waals surface area contributed by atoms with Crippen LogP contribution in [0.1, 0.15) is 49.7 Å². The van der Waals surface area contributed by atoms with Crippen LogP contribution in [0.5, 0.6) is 0 Å². The average molecular weight is 324 g/mol. The molecule has 2 heterocycles. The third-order valence-corrected chi connectivity index (χ3v) is 4.23. The second-order valence-electron chi connectivity index (χ2n) is 4.67. The Hall–Kier alpha value is -2.19. The van der Waals surface area contributed by atoms with Crippen LogP contribution in [0.25, 0.3) is 0 Å². The molecule has 1 amide bonds. The number of hydrogen-bond acceptors (Lipinski definition) is 6. The molecule has 2 aromatic heterocycles. The molecule has 0 aliphatic heterocycles. The zero-order valence-corrected chi connectivity index (χ0v) is 13.2. The lowest BCUT2D eigenvalue weighted by Crippen LogP contribution is -2.26. The molecule has 0 aliphatic carbocycles. The number of thiazole rings is 1. The van der Waals surface area contributed by atoms with E-state index in [1.165, 1.54) is 7.11 Å². The third-order valence-electron chi connectivity index (χ3n) is 2.90. The van der Waals surface area contributed by atoms with Crippen molar-refractivity contribution in [3.63, 3.8) is 0 Å². The fourth-order valence-corrected chi connectivity index (χ4v) is 2.76. The van der Waals surface area contributed by atoms with Crippen molar-refractivity contribution in [2.24, 2.45) is 0 Å². The first-order chi connectivity index (χ1) is 10.4. The number of furan rings is 1. The molecule has 1 unspecified atom stereocenters. The molecule has 2 N–H and O–H groups in total. The van der Waals surface area contributed by atoms with E-state index in [4.69, 9.17) is 14.3 Å². The summed E-state index contributed by atoms with van der Waals surface area (Å²) in [6.07, 6.45) is 0. The van der Waals surface area contributed by atoms with Gasteiger partial charge in [-0.1, -0.05) is 0 Å². The van der Waals surface area contributed by atoms with E-state index in [-0.39, 0.29) is 23.2 Å². The Morgan fingerprint density at radius 1 is 1.50 bits per heavy atom. The Morgan fingerprint density at radius 2 is 2.23 bits per heavy atom. The van der Waals surface area contributed by atoms with Gasteiger partial charge in [0.05, 0.1) is 11.7 Å². The number of aromatic nitrogens is 1. The third kappa shape index (κ3) is 3.52. The fraction of sp³-hybridized carbons (Fsp3) is 0.357. The lowest BCUT2D eigenvalue weighted by atomic mass is 10.3. The average Bonchev–Trinajstić information content (AvgIpc) is 3.06. The number of carboxylic acid groups (broad SMARTS) is 1. The van der Waals surface area contributed by atoms with Gasteiger partial charge in [0.25, 0.3) is 5.91 Å². The smallest absolute Gasteiger partial charge is 0.347 e. The van der Waals surface area contributed by atoms with E-state index in [9.17, 15) is 9.59 Å². The van der Waals surface area contributed by atoms with E-state index >= 15 is 0 Å². The van der Waals surface area contributed by atoms with Gasteiger partial charge < -0.3 is 19.6 Å². The maximum atomic E-state index is 12.1. The van der Waals surface area contributed by atoms with Crippen LogP contribution in [0.3, 0.4) is 0 Å². The number of carbonyl (C=O) groups excluding carboxylic acids is 1. The van der Waals surface area contributed by atoms with Crippen LogP contribution in [-0.2, 0) is 11.3 Å². The van der Waals surface area contributed by atoms with Crippen molar-refractivity contribution in [1.82, 2.24) is 10.3 Å². The molecule has 0 aromatic carbocycles. The van der Waals surface area contributed by atoms with E-state index in [2.05, 4.69) is 10.3 Å². The fourth-order valence-electron chi connectivity index (χ4n) is 1.85. The number of nitrogens with one attached hydrogen (secondary N) is 1. The Kier molecular flexibility index (Phi) is 4.94. The van der Waals surface area contributed by atoms with Crippen molar-refractivity contribution >= 4 is 23.2 Å². The number of aromatic carboxylic acids is 1. The Bertz CT molecular complexity index is 691. The Balaban J connectivity index is 2.07. The summed E-state index contributed by atoms with van der Waals surface area (Å²) in [5, 5.41) is 12.3. The number of methoxy groups -OCH3 is 1. The van der Waals surface area contributed by atoms with Crippen LogP contribution in [-0.4, -0.2) is 29.1 Å². The predicted molar refractivity (Wildman–Crippen MR) is 79.1 cm³/mol. The first-order valence-corrected chi connectivity index (χ1v) is 7.33. The van der Waals surface area contributed by atoms with Crippen molar-refractivity contribution in [1.29, 1.82) is 0 Å². The number of carboxylic acids is 1. The molecule has 0 saturated heterocycles. The molecular weight excluding hydrogens is 308 g/mol. The highest BCUT2D eigenvalue weighted by Gasteiger charge is 2.20. The first kappa shape index (κ1) is 16.2. The minimum Gasteiger partial charge on any atom is -0.477 e. The molecule has 8 heteroatoms. The topological polar surface area (TPSA) is 102 Å². The second kappa shape index (κ2) is 6.71. The zero-order chi connectivity index (χ0) is 16.3. The first-order valence-electron chi connectivity index (χ1n) is 6.51. The number of nitrogens with zero attached hydrogens (tertiary/aromatic N) is 1. The summed E-state index contributed by atoms with van der Waals surface area (Å²) in [5.41, 5.74) is 0.439. The van der Waals surface area contributed by atoms with Crippen molar-refractivity contribution in [3.05, 3.63) is 39.2 Å². The van der Waals surface area contributed by atoms with Crippen LogP contribution >= 0.6 is 11.3 Å². The summed E-state index contributed by atoms with van der Waals surface area (Å²) in [5.74, 6) is -0.682. The maximum Gasteiger partial charge on any atom is 0.347 e. The molecule has 1 atom stereocenters. The van der Waals surface area contributed by atoms with Gasteiger partial charge in [-0.25, -0.2) is 9.78 Å². The molecule has 0 fully saturated rings. The summed E-state index contributed by atoms with van der Waals surface area (Å²) in [6.45, 7) is 3.65. The molecule has 118 valence electrons. The lowest BCUT2D eigenvalue weighted by molar-refractivity contribution is 0.0700. The van der Waals surface area contributed by atoms with E-state index in [1.807, 2.05) is 0 Å². The molecule has 0 spiro atoms. The lowest BCUT2D eigenvalue weighted by Gasteiger charge is -2.09. The summed E-state index contributed by atoms with van der Waals surface area (Å²) >= 11 is 1.05. The number of hydrogen-bond donors (Lipinski definition) is 2. The highest BCUT2D eigenvalue weighted by molar-refractivity contribution is 7.13.